The monoisotopic (exact) mass is 294 g/mol. The number of hydrogen-bond donors (Lipinski definition) is 1. The van der Waals surface area contributed by atoms with Crippen LogP contribution >= 0.6 is 0 Å². The van der Waals surface area contributed by atoms with E-state index in [1.54, 1.807) is 12.1 Å². The lowest BCUT2D eigenvalue weighted by molar-refractivity contribution is -0.131. The van der Waals surface area contributed by atoms with Crippen LogP contribution in [-0.4, -0.2) is 49.2 Å². The summed E-state index contributed by atoms with van der Waals surface area (Å²) >= 11 is 0. The molecular formula is C16H23FN2O2. The summed E-state index contributed by atoms with van der Waals surface area (Å²) in [5, 5.41) is 8.76. The third kappa shape index (κ3) is 4.86. The minimum absolute atomic E-state index is 0.110. The van der Waals surface area contributed by atoms with Gasteiger partial charge in [0.15, 0.2) is 0 Å². The molecule has 1 aromatic rings. The highest BCUT2D eigenvalue weighted by molar-refractivity contribution is 5.87. The first-order chi connectivity index (χ1) is 9.86. The summed E-state index contributed by atoms with van der Waals surface area (Å²) in [6.45, 7) is 5.41. The molecule has 1 atom stereocenters. The average Bonchev–Trinajstić information content (AvgIpc) is 2.38. The van der Waals surface area contributed by atoms with Crippen molar-refractivity contribution in [2.45, 2.75) is 19.9 Å². The van der Waals surface area contributed by atoms with Crippen molar-refractivity contribution < 1.29 is 14.3 Å². The number of carboxylic acid groups (broad SMARTS) is 1. The molecule has 0 fully saturated rings. The number of hydrogen-bond acceptors (Lipinski definition) is 3. The van der Waals surface area contributed by atoms with Crippen molar-refractivity contribution in [3.05, 3.63) is 35.7 Å². The van der Waals surface area contributed by atoms with Crippen LogP contribution in [-0.2, 0) is 4.79 Å². The minimum Gasteiger partial charge on any atom is -0.478 e. The zero-order valence-corrected chi connectivity index (χ0v) is 13.0. The number of benzene rings is 1. The third-order valence-electron chi connectivity index (χ3n) is 3.21. The fourth-order valence-corrected chi connectivity index (χ4v) is 2.45. The van der Waals surface area contributed by atoms with Crippen molar-refractivity contribution in [1.29, 1.82) is 0 Å². The van der Waals surface area contributed by atoms with Crippen LogP contribution in [0.5, 0.6) is 0 Å². The SMILES string of the molecule is CCN(c1c(F)cccc1/C=C/C(=O)O)C(C)CN(C)C. The van der Waals surface area contributed by atoms with Gasteiger partial charge in [-0.25, -0.2) is 9.18 Å². The quantitative estimate of drug-likeness (QED) is 0.785. The molecule has 21 heavy (non-hydrogen) atoms. The van der Waals surface area contributed by atoms with E-state index in [1.807, 2.05) is 37.7 Å². The molecule has 0 amide bonds. The molecule has 1 aromatic carbocycles. The lowest BCUT2D eigenvalue weighted by atomic mass is 10.1. The molecule has 0 saturated carbocycles. The fourth-order valence-electron chi connectivity index (χ4n) is 2.45. The number of likely N-dealkylation sites (N-methyl/N-ethyl adjacent to an activating group) is 2. The zero-order chi connectivity index (χ0) is 16.0. The molecule has 0 aliphatic carbocycles. The van der Waals surface area contributed by atoms with Gasteiger partial charge in [0.2, 0.25) is 0 Å². The lowest BCUT2D eigenvalue weighted by Crippen LogP contribution is -2.40. The maximum Gasteiger partial charge on any atom is 0.328 e. The van der Waals surface area contributed by atoms with Gasteiger partial charge in [0.25, 0.3) is 0 Å². The van der Waals surface area contributed by atoms with E-state index >= 15 is 0 Å². The van der Waals surface area contributed by atoms with Crippen molar-refractivity contribution in [3.63, 3.8) is 0 Å². The lowest BCUT2D eigenvalue weighted by Gasteiger charge is -2.33. The van der Waals surface area contributed by atoms with Crippen molar-refractivity contribution >= 4 is 17.7 Å². The van der Waals surface area contributed by atoms with Gasteiger partial charge in [-0.3, -0.25) is 0 Å². The van der Waals surface area contributed by atoms with Gasteiger partial charge in [-0.15, -0.1) is 0 Å². The van der Waals surface area contributed by atoms with E-state index in [-0.39, 0.29) is 11.9 Å². The molecule has 0 spiro atoms. The molecule has 0 bridgehead atoms. The van der Waals surface area contributed by atoms with Crippen LogP contribution in [0.4, 0.5) is 10.1 Å². The highest BCUT2D eigenvalue weighted by atomic mass is 19.1. The molecule has 5 heteroatoms. The Labute approximate surface area is 125 Å². The maximum absolute atomic E-state index is 14.3. The predicted molar refractivity (Wildman–Crippen MR) is 84.1 cm³/mol. The minimum atomic E-state index is -1.05. The Hall–Kier alpha value is -1.88. The summed E-state index contributed by atoms with van der Waals surface area (Å²) in [4.78, 5) is 14.7. The van der Waals surface area contributed by atoms with Crippen LogP contribution < -0.4 is 4.90 Å². The fraction of sp³-hybridized carbons (Fsp3) is 0.438. The van der Waals surface area contributed by atoms with Gasteiger partial charge in [0.05, 0.1) is 5.69 Å². The largest absolute Gasteiger partial charge is 0.478 e. The Kier molecular flexibility index (Phi) is 6.37. The first-order valence-corrected chi connectivity index (χ1v) is 6.97. The van der Waals surface area contributed by atoms with Crippen molar-refractivity contribution in [2.24, 2.45) is 0 Å². The number of carboxylic acids is 1. The maximum atomic E-state index is 14.3. The summed E-state index contributed by atoms with van der Waals surface area (Å²) in [5.41, 5.74) is 1.02. The summed E-state index contributed by atoms with van der Waals surface area (Å²) in [6, 6.07) is 4.82. The Morgan fingerprint density at radius 3 is 2.62 bits per heavy atom. The molecule has 0 aliphatic rings. The van der Waals surface area contributed by atoms with E-state index in [1.165, 1.54) is 12.1 Å². The van der Waals surface area contributed by atoms with Crippen LogP contribution in [0.1, 0.15) is 19.4 Å². The molecule has 0 aliphatic heterocycles. The first kappa shape index (κ1) is 17.2. The molecule has 0 heterocycles. The van der Waals surface area contributed by atoms with E-state index in [4.69, 9.17) is 5.11 Å². The second kappa shape index (κ2) is 7.78. The molecule has 4 nitrogen and oxygen atoms in total. The van der Waals surface area contributed by atoms with Gasteiger partial charge in [-0.2, -0.15) is 0 Å². The topological polar surface area (TPSA) is 43.8 Å². The van der Waals surface area contributed by atoms with E-state index in [0.29, 0.717) is 17.8 Å². The number of halogens is 1. The van der Waals surface area contributed by atoms with Crippen molar-refractivity contribution in [2.75, 3.05) is 32.1 Å². The van der Waals surface area contributed by atoms with Crippen LogP contribution in [0.15, 0.2) is 24.3 Å². The second-order valence-corrected chi connectivity index (χ2v) is 5.25. The van der Waals surface area contributed by atoms with Crippen LogP contribution in [0.25, 0.3) is 6.08 Å². The standard InChI is InChI=1S/C16H23FN2O2/c1-5-19(12(2)11-18(3)4)16-13(9-10-15(20)21)7-6-8-14(16)17/h6-10,12H,5,11H2,1-4H3,(H,20,21)/b10-9+. The third-order valence-corrected chi connectivity index (χ3v) is 3.21. The summed E-state index contributed by atoms with van der Waals surface area (Å²) in [6.07, 6.45) is 2.47. The Balaban J connectivity index is 3.21. The van der Waals surface area contributed by atoms with Gasteiger partial charge in [0.1, 0.15) is 5.82 Å². The number of anilines is 1. The molecule has 0 saturated heterocycles. The summed E-state index contributed by atoms with van der Waals surface area (Å²) < 4.78 is 14.3. The molecule has 0 radical (unpaired) electrons. The summed E-state index contributed by atoms with van der Waals surface area (Å²) in [5.74, 6) is -1.38. The number of rotatable bonds is 7. The Morgan fingerprint density at radius 1 is 1.43 bits per heavy atom. The van der Waals surface area contributed by atoms with E-state index in [2.05, 4.69) is 0 Å². The normalized spacial score (nSPS) is 12.9. The summed E-state index contributed by atoms with van der Waals surface area (Å²) in [7, 11) is 3.94. The zero-order valence-electron chi connectivity index (χ0n) is 13.0. The number of aliphatic carboxylic acids is 1. The molecular weight excluding hydrogens is 271 g/mol. The van der Waals surface area contributed by atoms with Gasteiger partial charge in [0, 0.05) is 30.8 Å². The molecule has 0 aromatic heterocycles. The highest BCUT2D eigenvalue weighted by Crippen LogP contribution is 2.27. The van der Waals surface area contributed by atoms with Gasteiger partial charge in [-0.1, -0.05) is 12.1 Å². The molecule has 1 rings (SSSR count). The average molecular weight is 294 g/mol. The van der Waals surface area contributed by atoms with Crippen LogP contribution in [0.3, 0.4) is 0 Å². The van der Waals surface area contributed by atoms with Crippen molar-refractivity contribution in [3.8, 4) is 0 Å². The molecule has 1 unspecified atom stereocenters. The number of nitrogens with zero attached hydrogens (tertiary/aromatic N) is 2. The van der Waals surface area contributed by atoms with Gasteiger partial charge < -0.3 is 14.9 Å². The van der Waals surface area contributed by atoms with Crippen LogP contribution in [0.2, 0.25) is 0 Å². The molecule has 116 valence electrons. The van der Waals surface area contributed by atoms with E-state index in [0.717, 1.165) is 12.6 Å². The van der Waals surface area contributed by atoms with E-state index < -0.39 is 5.97 Å². The Morgan fingerprint density at radius 2 is 2.10 bits per heavy atom. The van der Waals surface area contributed by atoms with Gasteiger partial charge >= 0.3 is 5.97 Å². The van der Waals surface area contributed by atoms with Crippen LogP contribution in [0, 0.1) is 5.82 Å². The number of para-hydroxylation sites is 1. The van der Waals surface area contributed by atoms with Gasteiger partial charge in [-0.05, 0) is 40.1 Å². The van der Waals surface area contributed by atoms with Crippen molar-refractivity contribution in [1.82, 2.24) is 4.90 Å². The Bertz CT molecular complexity index is 515. The number of carbonyl (C=O) groups is 1. The predicted octanol–water partition coefficient (Wildman–Crippen LogP) is 2.70. The second-order valence-electron chi connectivity index (χ2n) is 5.25. The molecule has 1 N–H and O–H groups in total. The highest BCUT2D eigenvalue weighted by Gasteiger charge is 2.19. The van der Waals surface area contributed by atoms with E-state index in [9.17, 15) is 9.18 Å². The first-order valence-electron chi connectivity index (χ1n) is 6.97. The smallest absolute Gasteiger partial charge is 0.328 e.